The van der Waals surface area contributed by atoms with Gasteiger partial charge < -0.3 is 14.7 Å². The number of amides is 1. The van der Waals surface area contributed by atoms with Crippen LogP contribution in [0.4, 0.5) is 0 Å². The van der Waals surface area contributed by atoms with E-state index in [1.807, 2.05) is 32.3 Å². The molecule has 1 aromatic carbocycles. The summed E-state index contributed by atoms with van der Waals surface area (Å²) < 4.78 is 8.06. The first-order valence-corrected chi connectivity index (χ1v) is 12.1. The highest BCUT2D eigenvalue weighted by Gasteiger charge is 2.28. The van der Waals surface area contributed by atoms with Gasteiger partial charge in [0.1, 0.15) is 5.69 Å². The number of nitrogens with zero attached hydrogens (tertiary/aromatic N) is 5. The third-order valence-electron chi connectivity index (χ3n) is 5.97. The van der Waals surface area contributed by atoms with Crippen LogP contribution in [0.5, 0.6) is 0 Å². The number of fused-ring (bicyclic) bond motifs is 2. The molecule has 0 aliphatic carbocycles. The lowest BCUT2D eigenvalue weighted by Gasteiger charge is -2.35. The Hall–Kier alpha value is -1.71. The number of aryl methyl sites for hydroxylation is 1. The zero-order chi connectivity index (χ0) is 24.0. The first-order valence-electron chi connectivity index (χ1n) is 11.3. The smallest absolute Gasteiger partial charge is 0.222 e. The molecule has 8 nitrogen and oxygen atoms in total. The van der Waals surface area contributed by atoms with E-state index in [0.29, 0.717) is 55.7 Å². The van der Waals surface area contributed by atoms with Gasteiger partial charge in [0.15, 0.2) is 0 Å². The molecule has 1 aliphatic rings. The number of aliphatic hydroxyl groups is 1. The van der Waals surface area contributed by atoms with Crippen molar-refractivity contribution in [3.8, 4) is 0 Å². The molecule has 0 unspecified atom stereocenters. The molecule has 3 atom stereocenters. The largest absolute Gasteiger partial charge is 0.394 e. The summed E-state index contributed by atoms with van der Waals surface area (Å²) in [5.74, 6) is 0.0703. The summed E-state index contributed by atoms with van der Waals surface area (Å²) in [4.78, 5) is 16.9. The number of likely N-dealkylation sites (N-methyl/N-ethyl adjacent to an activating group) is 1. The minimum absolute atomic E-state index is 0.0332. The van der Waals surface area contributed by atoms with Crippen LogP contribution in [0.1, 0.15) is 37.9 Å². The lowest BCUT2D eigenvalue weighted by molar-refractivity contribution is -0.136. The van der Waals surface area contributed by atoms with Gasteiger partial charge in [0.2, 0.25) is 5.91 Å². The highest BCUT2D eigenvalue weighted by Crippen LogP contribution is 2.24. The second kappa shape index (κ2) is 12.1. The van der Waals surface area contributed by atoms with Crippen LogP contribution in [0.2, 0.25) is 10.0 Å². The van der Waals surface area contributed by atoms with Gasteiger partial charge in [-0.3, -0.25) is 14.4 Å². The van der Waals surface area contributed by atoms with Crippen LogP contribution in [0.25, 0.3) is 0 Å². The summed E-state index contributed by atoms with van der Waals surface area (Å²) in [5, 5.41) is 19.1. The summed E-state index contributed by atoms with van der Waals surface area (Å²) in [6, 6.07) is 5.38. The van der Waals surface area contributed by atoms with Crippen LogP contribution >= 0.6 is 23.2 Å². The van der Waals surface area contributed by atoms with Gasteiger partial charge in [-0.2, -0.15) is 0 Å². The molecule has 10 heteroatoms. The molecular formula is C23H33Cl2N5O3. The lowest BCUT2D eigenvalue weighted by Crippen LogP contribution is -2.47. The Bertz CT molecular complexity index is 925. The Kier molecular flexibility index (Phi) is 9.52. The third-order valence-corrected chi connectivity index (χ3v) is 6.71. The number of aromatic nitrogens is 3. The standard InChI is InChI=1S/C23H33Cl2N5O3/c1-16-10-30(17(2)14-31)23(32)5-4-8-29-12-19(26-27-29)15-33-22(16)13-28(3)11-18-6-7-20(24)21(25)9-18/h6-7,9,12,16-17,22,31H,4-5,8,10-11,13-15H2,1-3H3/t16-,17+,22-/m1/s1. The maximum absolute atomic E-state index is 12.9. The summed E-state index contributed by atoms with van der Waals surface area (Å²) in [5.41, 5.74) is 1.82. The molecule has 2 aromatic rings. The van der Waals surface area contributed by atoms with Crippen LogP contribution in [-0.4, -0.2) is 74.7 Å². The SMILES string of the molecule is C[C@@H]1CN([C@@H](C)CO)C(=O)CCCn2cc(nn2)CO[C@@H]1CN(C)Cc1ccc(Cl)c(Cl)c1. The van der Waals surface area contributed by atoms with Crippen LogP contribution in [0, 0.1) is 5.92 Å². The van der Waals surface area contributed by atoms with Crippen molar-refractivity contribution in [1.29, 1.82) is 0 Å². The van der Waals surface area contributed by atoms with Gasteiger partial charge >= 0.3 is 0 Å². The summed E-state index contributed by atoms with van der Waals surface area (Å²) in [6.45, 7) is 6.67. The zero-order valence-corrected chi connectivity index (χ0v) is 21.0. The van der Waals surface area contributed by atoms with Crippen molar-refractivity contribution in [2.45, 2.75) is 58.5 Å². The van der Waals surface area contributed by atoms with Gasteiger partial charge in [-0.25, -0.2) is 0 Å². The maximum atomic E-state index is 12.9. The van der Waals surface area contributed by atoms with Crippen LogP contribution in [-0.2, 0) is 29.2 Å². The van der Waals surface area contributed by atoms with E-state index in [-0.39, 0.29) is 30.6 Å². The molecule has 0 spiro atoms. The highest BCUT2D eigenvalue weighted by molar-refractivity contribution is 6.42. The molecule has 182 valence electrons. The molecule has 2 heterocycles. The number of hydrogen-bond acceptors (Lipinski definition) is 6. The molecule has 1 aliphatic heterocycles. The van der Waals surface area contributed by atoms with Gasteiger partial charge in [-0.1, -0.05) is 41.4 Å². The highest BCUT2D eigenvalue weighted by atomic mass is 35.5. The average molecular weight is 498 g/mol. The fraction of sp³-hybridized carbons (Fsp3) is 0.609. The van der Waals surface area contributed by atoms with E-state index >= 15 is 0 Å². The Balaban J connectivity index is 1.76. The van der Waals surface area contributed by atoms with Gasteiger partial charge in [-0.15, -0.1) is 5.10 Å². The van der Waals surface area contributed by atoms with Crippen molar-refractivity contribution in [3.05, 3.63) is 45.7 Å². The number of benzene rings is 1. The predicted octanol–water partition coefficient (Wildman–Crippen LogP) is 3.24. The first kappa shape index (κ1) is 25.9. The van der Waals surface area contributed by atoms with Crippen molar-refractivity contribution in [2.24, 2.45) is 5.92 Å². The van der Waals surface area contributed by atoms with E-state index in [2.05, 4.69) is 22.1 Å². The summed E-state index contributed by atoms with van der Waals surface area (Å²) in [6.07, 6.45) is 2.78. The van der Waals surface area contributed by atoms with Gasteiger partial charge in [0, 0.05) is 38.5 Å². The van der Waals surface area contributed by atoms with Crippen molar-refractivity contribution < 1.29 is 14.6 Å². The van der Waals surface area contributed by atoms with Crippen LogP contribution in [0.3, 0.4) is 0 Å². The minimum Gasteiger partial charge on any atom is -0.394 e. The van der Waals surface area contributed by atoms with E-state index in [1.165, 1.54) is 0 Å². The number of aliphatic hydroxyl groups excluding tert-OH is 1. The van der Waals surface area contributed by atoms with E-state index in [1.54, 1.807) is 15.6 Å². The number of ether oxygens (including phenoxy) is 1. The Morgan fingerprint density at radius 1 is 1.33 bits per heavy atom. The molecule has 1 aromatic heterocycles. The molecule has 3 rings (SSSR count). The van der Waals surface area contributed by atoms with E-state index in [9.17, 15) is 9.90 Å². The first-order chi connectivity index (χ1) is 15.8. The van der Waals surface area contributed by atoms with Crippen molar-refractivity contribution in [3.63, 3.8) is 0 Å². The second-order valence-electron chi connectivity index (χ2n) is 8.93. The van der Waals surface area contributed by atoms with E-state index in [4.69, 9.17) is 27.9 Å². The number of hydrogen-bond donors (Lipinski definition) is 1. The van der Waals surface area contributed by atoms with Gasteiger partial charge in [0.05, 0.1) is 41.6 Å². The molecule has 2 bridgehead atoms. The quantitative estimate of drug-likeness (QED) is 0.659. The zero-order valence-electron chi connectivity index (χ0n) is 19.5. The van der Waals surface area contributed by atoms with Crippen molar-refractivity contribution >= 4 is 29.1 Å². The lowest BCUT2D eigenvalue weighted by atomic mass is 10.0. The molecule has 33 heavy (non-hydrogen) atoms. The monoisotopic (exact) mass is 497 g/mol. The number of carbonyl (C=O) groups is 1. The van der Waals surface area contributed by atoms with Crippen molar-refractivity contribution in [1.82, 2.24) is 24.8 Å². The Labute approximate surface area is 205 Å². The molecule has 1 amide bonds. The van der Waals surface area contributed by atoms with Crippen LogP contribution in [0.15, 0.2) is 24.4 Å². The fourth-order valence-electron chi connectivity index (χ4n) is 4.01. The molecule has 0 saturated carbocycles. The Morgan fingerprint density at radius 2 is 2.12 bits per heavy atom. The summed E-state index contributed by atoms with van der Waals surface area (Å²) in [7, 11) is 2.02. The maximum Gasteiger partial charge on any atom is 0.222 e. The minimum atomic E-state index is -0.253. The molecular weight excluding hydrogens is 465 g/mol. The molecule has 0 fully saturated rings. The fourth-order valence-corrected chi connectivity index (χ4v) is 4.34. The van der Waals surface area contributed by atoms with Crippen LogP contribution < -0.4 is 0 Å². The second-order valence-corrected chi connectivity index (χ2v) is 9.74. The van der Waals surface area contributed by atoms with E-state index < -0.39 is 0 Å². The molecule has 0 radical (unpaired) electrons. The number of rotatable bonds is 6. The number of carbonyl (C=O) groups excluding carboxylic acids is 1. The molecule has 1 N–H and O–H groups in total. The molecule has 0 saturated heterocycles. The van der Waals surface area contributed by atoms with E-state index in [0.717, 1.165) is 11.3 Å². The Morgan fingerprint density at radius 3 is 2.85 bits per heavy atom. The topological polar surface area (TPSA) is 83.7 Å². The average Bonchev–Trinajstić information content (AvgIpc) is 3.24. The predicted molar refractivity (Wildman–Crippen MR) is 128 cm³/mol. The van der Waals surface area contributed by atoms with Crippen molar-refractivity contribution in [2.75, 3.05) is 26.7 Å². The third kappa shape index (κ3) is 7.39. The van der Waals surface area contributed by atoms with Gasteiger partial charge in [-0.05, 0) is 38.1 Å². The van der Waals surface area contributed by atoms with Gasteiger partial charge in [0.25, 0.3) is 0 Å². The summed E-state index contributed by atoms with van der Waals surface area (Å²) >= 11 is 12.2. The normalized spacial score (nSPS) is 21.4. The number of halogens is 2.